The smallest absolute Gasteiger partial charge is 0.272 e. The number of hydrogen-bond donors (Lipinski definition) is 2. The lowest BCUT2D eigenvalue weighted by atomic mass is 10.1. The van der Waals surface area contributed by atoms with Crippen molar-refractivity contribution in [2.75, 3.05) is 5.32 Å². The van der Waals surface area contributed by atoms with Crippen LogP contribution in [0.15, 0.2) is 84.6 Å². The number of carbonyl (C=O) groups is 2. The largest absolute Gasteiger partial charge is 0.321 e. The highest BCUT2D eigenvalue weighted by Crippen LogP contribution is 2.14. The fourth-order valence-electron chi connectivity index (χ4n) is 2.53. The normalized spacial score (nSPS) is 11.0. The molecule has 0 spiro atoms. The van der Waals surface area contributed by atoms with E-state index in [1.807, 2.05) is 19.1 Å². The molecular weight excluding hydrogens is 355 g/mol. The minimum atomic E-state index is -0.545. The Hall–Kier alpha value is -3.73. The molecule has 0 atom stereocenters. The van der Waals surface area contributed by atoms with Crippen LogP contribution in [-0.2, 0) is 4.79 Å². The lowest BCUT2D eigenvalue weighted by Gasteiger charge is -2.12. The third kappa shape index (κ3) is 4.92. The molecule has 0 unspecified atom stereocenters. The van der Waals surface area contributed by atoms with Gasteiger partial charge in [0.05, 0.1) is 0 Å². The third-order valence-electron chi connectivity index (χ3n) is 4.04. The average Bonchev–Trinajstić information content (AvgIpc) is 2.71. The van der Waals surface area contributed by atoms with Crippen molar-refractivity contribution in [3.05, 3.63) is 107 Å². The quantitative estimate of drug-likeness (QED) is 0.644. The summed E-state index contributed by atoms with van der Waals surface area (Å²) < 4.78 is 14.1. The van der Waals surface area contributed by atoms with Gasteiger partial charge in [-0.15, -0.1) is 0 Å². The average molecular weight is 374 g/mol. The van der Waals surface area contributed by atoms with Crippen LogP contribution >= 0.6 is 0 Å². The maximum absolute atomic E-state index is 14.1. The van der Waals surface area contributed by atoms with Crippen LogP contribution in [0.1, 0.15) is 21.5 Å². The maximum Gasteiger partial charge on any atom is 0.272 e. The van der Waals surface area contributed by atoms with Gasteiger partial charge in [-0.2, -0.15) is 0 Å². The first kappa shape index (κ1) is 19.0. The van der Waals surface area contributed by atoms with Gasteiger partial charge >= 0.3 is 0 Å². The summed E-state index contributed by atoms with van der Waals surface area (Å²) in [7, 11) is 0. The van der Waals surface area contributed by atoms with Gasteiger partial charge in [-0.1, -0.05) is 54.1 Å². The number of nitrogens with one attached hydrogen (secondary N) is 2. The number of rotatable bonds is 5. The molecule has 0 heterocycles. The molecule has 28 heavy (non-hydrogen) atoms. The van der Waals surface area contributed by atoms with Gasteiger partial charge in [-0.25, -0.2) is 4.39 Å². The Morgan fingerprint density at radius 3 is 2.18 bits per heavy atom. The summed E-state index contributed by atoms with van der Waals surface area (Å²) in [6.45, 7) is 1.94. The molecule has 3 aromatic rings. The minimum Gasteiger partial charge on any atom is -0.321 e. The second-order valence-corrected chi connectivity index (χ2v) is 6.22. The molecule has 0 radical (unpaired) electrons. The first-order valence-corrected chi connectivity index (χ1v) is 8.73. The summed E-state index contributed by atoms with van der Waals surface area (Å²) in [5, 5.41) is 5.31. The van der Waals surface area contributed by atoms with E-state index in [1.54, 1.807) is 54.6 Å². The van der Waals surface area contributed by atoms with Crippen molar-refractivity contribution >= 4 is 23.6 Å². The number of carbonyl (C=O) groups excluding carboxylic acids is 2. The molecule has 2 N–H and O–H groups in total. The Labute approximate surface area is 162 Å². The summed E-state index contributed by atoms with van der Waals surface area (Å²) in [5.74, 6) is -1.49. The van der Waals surface area contributed by atoms with Crippen LogP contribution in [0.3, 0.4) is 0 Å². The molecule has 140 valence electrons. The zero-order chi connectivity index (χ0) is 19.9. The van der Waals surface area contributed by atoms with E-state index in [0.717, 1.165) is 5.56 Å². The Morgan fingerprint density at radius 1 is 0.857 bits per heavy atom. The van der Waals surface area contributed by atoms with Crippen LogP contribution in [0.2, 0.25) is 0 Å². The number of anilines is 1. The molecule has 4 nitrogen and oxygen atoms in total. The van der Waals surface area contributed by atoms with E-state index in [0.29, 0.717) is 11.3 Å². The molecule has 0 saturated carbocycles. The van der Waals surface area contributed by atoms with Crippen LogP contribution in [-0.4, -0.2) is 11.8 Å². The molecule has 5 heteroatoms. The number of amides is 2. The molecule has 0 aliphatic heterocycles. The van der Waals surface area contributed by atoms with Crippen LogP contribution in [0.5, 0.6) is 0 Å². The lowest BCUT2D eigenvalue weighted by Crippen LogP contribution is -2.30. The molecule has 0 saturated heterocycles. The second-order valence-electron chi connectivity index (χ2n) is 6.22. The van der Waals surface area contributed by atoms with Gasteiger partial charge in [0.15, 0.2) is 0 Å². The van der Waals surface area contributed by atoms with Gasteiger partial charge in [0, 0.05) is 16.8 Å². The standard InChI is InChI=1S/C23H19FN2O2/c1-16-11-13-19(14-12-16)25-23(28)21(15-18-9-5-6-10-20(18)24)26-22(27)17-7-3-2-4-8-17/h2-15H,1H3,(H,25,28)(H,26,27). The summed E-state index contributed by atoms with van der Waals surface area (Å²) in [4.78, 5) is 25.3. The van der Waals surface area contributed by atoms with Gasteiger partial charge in [0.25, 0.3) is 11.8 Å². The van der Waals surface area contributed by atoms with Crippen molar-refractivity contribution in [2.45, 2.75) is 6.92 Å². The molecular formula is C23H19FN2O2. The lowest BCUT2D eigenvalue weighted by molar-refractivity contribution is -0.113. The number of benzene rings is 3. The number of hydrogen-bond acceptors (Lipinski definition) is 2. The number of halogens is 1. The van der Waals surface area contributed by atoms with Crippen molar-refractivity contribution in [3.8, 4) is 0 Å². The predicted molar refractivity (Wildman–Crippen MR) is 108 cm³/mol. The van der Waals surface area contributed by atoms with Gasteiger partial charge in [-0.3, -0.25) is 9.59 Å². The van der Waals surface area contributed by atoms with Crippen molar-refractivity contribution in [3.63, 3.8) is 0 Å². The topological polar surface area (TPSA) is 58.2 Å². The summed E-state index contributed by atoms with van der Waals surface area (Å²) in [6, 6.07) is 21.8. The first-order valence-electron chi connectivity index (χ1n) is 8.73. The summed E-state index contributed by atoms with van der Waals surface area (Å²) in [6.07, 6.45) is 1.32. The van der Waals surface area contributed by atoms with Crippen molar-refractivity contribution in [2.24, 2.45) is 0 Å². The van der Waals surface area contributed by atoms with E-state index in [9.17, 15) is 14.0 Å². The Kier molecular flexibility index (Phi) is 5.97. The molecule has 3 rings (SSSR count). The monoisotopic (exact) mass is 374 g/mol. The van der Waals surface area contributed by atoms with Gasteiger partial charge in [0.1, 0.15) is 11.5 Å². The summed E-state index contributed by atoms with van der Waals surface area (Å²) >= 11 is 0. The van der Waals surface area contributed by atoms with Crippen LogP contribution in [0, 0.1) is 12.7 Å². The molecule has 0 fully saturated rings. The first-order chi connectivity index (χ1) is 13.5. The van der Waals surface area contributed by atoms with E-state index in [4.69, 9.17) is 0 Å². The van der Waals surface area contributed by atoms with Gasteiger partial charge < -0.3 is 10.6 Å². The van der Waals surface area contributed by atoms with E-state index in [-0.39, 0.29) is 11.3 Å². The highest BCUT2D eigenvalue weighted by Gasteiger charge is 2.15. The Morgan fingerprint density at radius 2 is 1.50 bits per heavy atom. The van der Waals surface area contributed by atoms with Crippen LogP contribution in [0.4, 0.5) is 10.1 Å². The van der Waals surface area contributed by atoms with Crippen LogP contribution in [0.25, 0.3) is 6.08 Å². The zero-order valence-electron chi connectivity index (χ0n) is 15.3. The van der Waals surface area contributed by atoms with E-state index >= 15 is 0 Å². The molecule has 0 bridgehead atoms. The molecule has 0 aliphatic rings. The van der Waals surface area contributed by atoms with E-state index < -0.39 is 17.6 Å². The van der Waals surface area contributed by atoms with Gasteiger partial charge in [-0.05, 0) is 43.3 Å². The number of aryl methyl sites for hydroxylation is 1. The minimum absolute atomic E-state index is 0.0560. The van der Waals surface area contributed by atoms with Gasteiger partial charge in [0.2, 0.25) is 0 Å². The molecule has 0 aliphatic carbocycles. The molecule has 0 aromatic heterocycles. The van der Waals surface area contributed by atoms with Crippen molar-refractivity contribution in [1.82, 2.24) is 5.32 Å². The summed E-state index contributed by atoms with van der Waals surface area (Å²) in [5.41, 5.74) is 2.16. The highest BCUT2D eigenvalue weighted by molar-refractivity contribution is 6.10. The zero-order valence-corrected chi connectivity index (χ0v) is 15.3. The Bertz CT molecular complexity index is 1010. The van der Waals surface area contributed by atoms with Crippen LogP contribution < -0.4 is 10.6 Å². The molecule has 3 aromatic carbocycles. The fraction of sp³-hybridized carbons (Fsp3) is 0.0435. The Balaban J connectivity index is 1.89. The van der Waals surface area contributed by atoms with Crippen molar-refractivity contribution < 1.29 is 14.0 Å². The van der Waals surface area contributed by atoms with E-state index in [2.05, 4.69) is 10.6 Å². The maximum atomic E-state index is 14.1. The fourth-order valence-corrected chi connectivity index (χ4v) is 2.53. The van der Waals surface area contributed by atoms with Crippen molar-refractivity contribution in [1.29, 1.82) is 0 Å². The third-order valence-corrected chi connectivity index (χ3v) is 4.04. The highest BCUT2D eigenvalue weighted by atomic mass is 19.1. The predicted octanol–water partition coefficient (Wildman–Crippen LogP) is 4.54. The second kappa shape index (κ2) is 8.77. The SMILES string of the molecule is Cc1ccc(NC(=O)C(=Cc2ccccc2F)NC(=O)c2ccccc2)cc1. The van der Waals surface area contributed by atoms with E-state index in [1.165, 1.54) is 18.2 Å². The molecule has 2 amide bonds.